The molecule has 2 aromatic rings. The van der Waals surface area contributed by atoms with Crippen LogP contribution in [0.4, 0.5) is 4.79 Å². The van der Waals surface area contributed by atoms with Crippen molar-refractivity contribution in [3.63, 3.8) is 0 Å². The molecule has 2 aliphatic carbocycles. The van der Waals surface area contributed by atoms with Crippen molar-refractivity contribution >= 4 is 18.0 Å². The largest absolute Gasteiger partial charge is 0.481 e. The number of alkyl carbamates (subject to hydrolysis) is 1. The summed E-state index contributed by atoms with van der Waals surface area (Å²) >= 11 is 0. The molecule has 0 heterocycles. The highest BCUT2D eigenvalue weighted by molar-refractivity contribution is 5.79. The Hall–Kier alpha value is -3.35. The minimum absolute atomic E-state index is 0.00775. The number of hydrogen-bond donors (Lipinski definition) is 3. The quantitative estimate of drug-likeness (QED) is 0.424. The van der Waals surface area contributed by atoms with Gasteiger partial charge in [-0.2, -0.15) is 0 Å². The van der Waals surface area contributed by atoms with Crippen LogP contribution in [0.1, 0.15) is 68.4 Å². The van der Waals surface area contributed by atoms with E-state index in [0.717, 1.165) is 32.1 Å². The van der Waals surface area contributed by atoms with Gasteiger partial charge in [-0.1, -0.05) is 67.8 Å². The van der Waals surface area contributed by atoms with Gasteiger partial charge in [-0.05, 0) is 46.9 Å². The zero-order chi connectivity index (χ0) is 24.7. The van der Waals surface area contributed by atoms with Crippen molar-refractivity contribution in [1.29, 1.82) is 0 Å². The third-order valence-electron chi connectivity index (χ3n) is 7.29. The van der Waals surface area contributed by atoms with Crippen molar-refractivity contribution in [3.05, 3.63) is 59.7 Å². The molecule has 0 spiro atoms. The zero-order valence-electron chi connectivity index (χ0n) is 20.1. The second kappa shape index (κ2) is 11.4. The maximum Gasteiger partial charge on any atom is 0.407 e. The van der Waals surface area contributed by atoms with E-state index in [1.54, 1.807) is 0 Å². The SMILES string of the molecule is O=C(O)CCCNC(=O)CC1(CNC(=O)OCC2c3ccccc3-c3ccccc32)CCCCC1. The van der Waals surface area contributed by atoms with Gasteiger partial charge >= 0.3 is 12.1 Å². The van der Waals surface area contributed by atoms with Gasteiger partial charge in [-0.25, -0.2) is 4.79 Å². The van der Waals surface area contributed by atoms with Crippen molar-refractivity contribution < 1.29 is 24.2 Å². The summed E-state index contributed by atoms with van der Waals surface area (Å²) in [5, 5.41) is 14.5. The minimum atomic E-state index is -0.865. The summed E-state index contributed by atoms with van der Waals surface area (Å²) in [5.74, 6) is -0.949. The lowest BCUT2D eigenvalue weighted by atomic mass is 9.71. The van der Waals surface area contributed by atoms with Crippen molar-refractivity contribution in [2.24, 2.45) is 5.41 Å². The number of amides is 2. The summed E-state index contributed by atoms with van der Waals surface area (Å²) in [7, 11) is 0. The first-order valence-corrected chi connectivity index (χ1v) is 12.5. The van der Waals surface area contributed by atoms with Crippen LogP contribution in [0.15, 0.2) is 48.5 Å². The van der Waals surface area contributed by atoms with Crippen molar-refractivity contribution in [2.45, 2.75) is 57.3 Å². The summed E-state index contributed by atoms with van der Waals surface area (Å²) in [6.07, 6.45) is 5.24. The zero-order valence-corrected chi connectivity index (χ0v) is 20.1. The lowest BCUT2D eigenvalue weighted by molar-refractivity contribution is -0.137. The highest BCUT2D eigenvalue weighted by atomic mass is 16.5. The van der Waals surface area contributed by atoms with Crippen LogP contribution in [-0.2, 0) is 14.3 Å². The molecule has 3 N–H and O–H groups in total. The van der Waals surface area contributed by atoms with E-state index >= 15 is 0 Å². The molecule has 0 atom stereocenters. The third kappa shape index (κ3) is 6.21. The highest BCUT2D eigenvalue weighted by Gasteiger charge is 2.35. The van der Waals surface area contributed by atoms with Crippen LogP contribution in [0.2, 0.25) is 0 Å². The molecule has 1 saturated carbocycles. The maximum absolute atomic E-state index is 12.7. The van der Waals surface area contributed by atoms with Crippen LogP contribution in [-0.4, -0.2) is 42.8 Å². The smallest absolute Gasteiger partial charge is 0.407 e. The Morgan fingerprint density at radius 2 is 1.54 bits per heavy atom. The van der Waals surface area contributed by atoms with E-state index in [1.165, 1.54) is 22.3 Å². The highest BCUT2D eigenvalue weighted by Crippen LogP contribution is 2.44. The van der Waals surface area contributed by atoms with Gasteiger partial charge in [0.25, 0.3) is 0 Å². The topological polar surface area (TPSA) is 105 Å². The van der Waals surface area contributed by atoms with Gasteiger partial charge in [0, 0.05) is 31.8 Å². The first kappa shape index (κ1) is 24.8. The lowest BCUT2D eigenvalue weighted by Crippen LogP contribution is -2.43. The number of ether oxygens (including phenoxy) is 1. The van der Waals surface area contributed by atoms with Crippen molar-refractivity contribution in [1.82, 2.24) is 10.6 Å². The van der Waals surface area contributed by atoms with Gasteiger partial charge in [-0.15, -0.1) is 0 Å². The molecule has 7 nitrogen and oxygen atoms in total. The standard InChI is InChI=1S/C28H34N2O5/c31-25(29-16-8-13-26(32)33)17-28(14-6-1-7-15-28)19-30-27(34)35-18-24-22-11-4-2-9-20(22)21-10-3-5-12-23(21)24/h2-5,9-12,24H,1,6-8,13-19H2,(H,29,31)(H,30,34)(H,32,33). The first-order chi connectivity index (χ1) is 17.0. The van der Waals surface area contributed by atoms with E-state index in [4.69, 9.17) is 9.84 Å². The molecule has 186 valence electrons. The molecule has 0 saturated heterocycles. The van der Waals surface area contributed by atoms with Gasteiger partial charge in [0.15, 0.2) is 0 Å². The number of fused-ring (bicyclic) bond motifs is 3. The van der Waals surface area contributed by atoms with Gasteiger partial charge in [-0.3, -0.25) is 9.59 Å². The van der Waals surface area contributed by atoms with Gasteiger partial charge in [0.2, 0.25) is 5.91 Å². The Bertz CT molecular complexity index is 1020. The van der Waals surface area contributed by atoms with Crippen molar-refractivity contribution in [2.75, 3.05) is 19.7 Å². The van der Waals surface area contributed by atoms with Gasteiger partial charge in [0.1, 0.15) is 6.61 Å². The molecule has 0 aliphatic heterocycles. The third-order valence-corrected chi connectivity index (χ3v) is 7.29. The predicted molar refractivity (Wildman–Crippen MR) is 133 cm³/mol. The van der Waals surface area contributed by atoms with E-state index in [-0.39, 0.29) is 30.3 Å². The minimum Gasteiger partial charge on any atom is -0.481 e. The fourth-order valence-electron chi connectivity index (χ4n) is 5.50. The number of nitrogens with one attached hydrogen (secondary N) is 2. The molecule has 2 amide bonds. The van der Waals surface area contributed by atoms with E-state index in [1.807, 2.05) is 24.3 Å². The number of benzene rings is 2. The summed E-state index contributed by atoms with van der Waals surface area (Å²) < 4.78 is 5.68. The lowest BCUT2D eigenvalue weighted by Gasteiger charge is -2.37. The molecule has 1 fully saturated rings. The van der Waals surface area contributed by atoms with Crippen LogP contribution < -0.4 is 10.6 Å². The van der Waals surface area contributed by atoms with Gasteiger partial charge < -0.3 is 20.5 Å². The summed E-state index contributed by atoms with van der Waals surface area (Å²) in [4.78, 5) is 35.9. The molecule has 35 heavy (non-hydrogen) atoms. The fourth-order valence-corrected chi connectivity index (χ4v) is 5.50. The Kier molecular flexibility index (Phi) is 8.06. The number of carboxylic acids is 1. The van der Waals surface area contributed by atoms with Crippen LogP contribution in [0.25, 0.3) is 11.1 Å². The number of hydrogen-bond acceptors (Lipinski definition) is 4. The van der Waals surface area contributed by atoms with Gasteiger partial charge in [0.05, 0.1) is 0 Å². The molecule has 4 rings (SSSR count). The number of carboxylic acid groups (broad SMARTS) is 1. The molecule has 7 heteroatoms. The van der Waals surface area contributed by atoms with Crippen LogP contribution >= 0.6 is 0 Å². The first-order valence-electron chi connectivity index (χ1n) is 12.5. The number of aliphatic carboxylic acids is 1. The predicted octanol–water partition coefficient (Wildman–Crippen LogP) is 4.85. The number of carbonyl (C=O) groups excluding carboxylic acids is 2. The summed E-state index contributed by atoms with van der Waals surface area (Å²) in [6.45, 7) is 1.00. The Labute approximate surface area is 206 Å². The Balaban J connectivity index is 1.31. The number of rotatable bonds is 10. The van der Waals surface area contributed by atoms with E-state index < -0.39 is 12.1 Å². The van der Waals surface area contributed by atoms with E-state index in [0.29, 0.717) is 25.9 Å². The molecule has 0 radical (unpaired) electrons. The average molecular weight is 479 g/mol. The molecule has 0 bridgehead atoms. The molecule has 0 unspecified atom stereocenters. The van der Waals surface area contributed by atoms with Crippen molar-refractivity contribution in [3.8, 4) is 11.1 Å². The molecular formula is C28H34N2O5. The molecular weight excluding hydrogens is 444 g/mol. The maximum atomic E-state index is 12.7. The van der Waals surface area contributed by atoms with Crippen LogP contribution in [0.3, 0.4) is 0 Å². The molecule has 2 aliphatic rings. The molecule has 0 aromatic heterocycles. The average Bonchev–Trinajstić information content (AvgIpc) is 3.18. The fraction of sp³-hybridized carbons (Fsp3) is 0.464. The normalized spacial score (nSPS) is 16.1. The van der Waals surface area contributed by atoms with E-state index in [9.17, 15) is 14.4 Å². The summed E-state index contributed by atoms with van der Waals surface area (Å²) in [6, 6.07) is 16.5. The van der Waals surface area contributed by atoms with Crippen LogP contribution in [0.5, 0.6) is 0 Å². The monoisotopic (exact) mass is 478 g/mol. The second-order valence-corrected chi connectivity index (χ2v) is 9.76. The van der Waals surface area contributed by atoms with Crippen LogP contribution in [0, 0.1) is 5.41 Å². The Morgan fingerprint density at radius 3 is 2.17 bits per heavy atom. The summed E-state index contributed by atoms with van der Waals surface area (Å²) in [5.41, 5.74) is 4.43. The molecule has 2 aromatic carbocycles. The Morgan fingerprint density at radius 1 is 0.914 bits per heavy atom. The second-order valence-electron chi connectivity index (χ2n) is 9.76. The van der Waals surface area contributed by atoms with E-state index in [2.05, 4.69) is 34.9 Å². The number of carbonyl (C=O) groups is 3.